The van der Waals surface area contributed by atoms with Crippen LogP contribution in [0, 0.1) is 0 Å². The molecule has 0 radical (unpaired) electrons. The van der Waals surface area contributed by atoms with Crippen molar-refractivity contribution in [2.45, 2.75) is 43.9 Å². The number of aliphatic hydroxyl groups excluding tert-OH is 1. The maximum absolute atomic E-state index is 10.5. The molecule has 0 aromatic rings. The third-order valence-electron chi connectivity index (χ3n) is 4.00. The zero-order valence-corrected chi connectivity index (χ0v) is 13.8. The van der Waals surface area contributed by atoms with Gasteiger partial charge in [-0.3, -0.25) is 0 Å². The molecule has 0 aromatic carbocycles. The van der Waals surface area contributed by atoms with Crippen molar-refractivity contribution >= 4 is 11.6 Å². The lowest BCUT2D eigenvalue weighted by molar-refractivity contribution is 0.146. The first-order valence-electron chi connectivity index (χ1n) is 8.06. The Labute approximate surface area is 138 Å². The van der Waals surface area contributed by atoms with E-state index in [0.717, 1.165) is 25.9 Å². The molecule has 0 unspecified atom stereocenters. The van der Waals surface area contributed by atoms with Gasteiger partial charge in [-0.2, -0.15) is 0 Å². The minimum atomic E-state index is -0.756. The van der Waals surface area contributed by atoms with Crippen molar-refractivity contribution in [2.24, 2.45) is 5.73 Å². The molecule has 2 rings (SSSR count). The molecule has 3 N–H and O–H groups in total. The zero-order valence-electron chi connectivity index (χ0n) is 13.1. The summed E-state index contributed by atoms with van der Waals surface area (Å²) in [6.07, 6.45) is 9.79. The van der Waals surface area contributed by atoms with Crippen LogP contribution in [0.1, 0.15) is 25.7 Å². The highest BCUT2D eigenvalue weighted by Gasteiger charge is 2.23. The standard InChI is InChI=1S/C17H27ClN2O2/c1-13(18)11-14(5-4-10-22-15-6-7-15)17(21)16(19)12-20-8-2-3-9-20/h4-5,11,15-17,21H,1-3,6-10,12,19H2/b5-4-,14-11+/t16-,17-/m1/s1. The van der Waals surface area contributed by atoms with Gasteiger partial charge in [0.1, 0.15) is 0 Å². The predicted octanol–water partition coefficient (Wildman–Crippen LogP) is 2.18. The van der Waals surface area contributed by atoms with Crippen molar-refractivity contribution in [1.29, 1.82) is 0 Å². The van der Waals surface area contributed by atoms with Gasteiger partial charge in [-0.25, -0.2) is 0 Å². The van der Waals surface area contributed by atoms with Gasteiger partial charge in [-0.1, -0.05) is 30.3 Å². The van der Waals surface area contributed by atoms with Crippen LogP contribution in [-0.2, 0) is 4.74 Å². The van der Waals surface area contributed by atoms with Crippen LogP contribution in [-0.4, -0.2) is 54.5 Å². The first-order valence-corrected chi connectivity index (χ1v) is 8.44. The molecule has 0 aromatic heterocycles. The van der Waals surface area contributed by atoms with Crippen LogP contribution >= 0.6 is 11.6 Å². The van der Waals surface area contributed by atoms with E-state index in [0.29, 0.717) is 29.9 Å². The van der Waals surface area contributed by atoms with Crippen LogP contribution < -0.4 is 5.73 Å². The summed E-state index contributed by atoms with van der Waals surface area (Å²) in [5, 5.41) is 10.9. The number of halogens is 1. The Balaban J connectivity index is 1.88. The van der Waals surface area contributed by atoms with Crippen LogP contribution in [0.25, 0.3) is 0 Å². The summed E-state index contributed by atoms with van der Waals surface area (Å²) in [4.78, 5) is 2.29. The molecule has 1 saturated carbocycles. The number of ether oxygens (including phenoxy) is 1. The van der Waals surface area contributed by atoms with E-state index in [-0.39, 0.29) is 6.04 Å². The fraction of sp³-hybridized carbons (Fsp3) is 0.647. The number of rotatable bonds is 9. The van der Waals surface area contributed by atoms with Gasteiger partial charge in [0.05, 0.1) is 18.8 Å². The number of hydrogen-bond acceptors (Lipinski definition) is 4. The van der Waals surface area contributed by atoms with Crippen LogP contribution in [0.3, 0.4) is 0 Å². The first kappa shape index (κ1) is 17.7. The summed E-state index contributed by atoms with van der Waals surface area (Å²) in [7, 11) is 0. The van der Waals surface area contributed by atoms with E-state index in [4.69, 9.17) is 22.1 Å². The van der Waals surface area contributed by atoms with E-state index < -0.39 is 6.10 Å². The lowest BCUT2D eigenvalue weighted by Gasteiger charge is -2.25. The quantitative estimate of drug-likeness (QED) is 0.638. The molecule has 22 heavy (non-hydrogen) atoms. The van der Waals surface area contributed by atoms with Gasteiger partial charge in [0.2, 0.25) is 0 Å². The molecule has 1 aliphatic carbocycles. The number of nitrogens with zero attached hydrogens (tertiary/aromatic N) is 1. The summed E-state index contributed by atoms with van der Waals surface area (Å²) in [5.41, 5.74) is 6.85. The molecule has 1 heterocycles. The Morgan fingerprint density at radius 1 is 1.41 bits per heavy atom. The molecule has 1 aliphatic heterocycles. The second-order valence-corrected chi connectivity index (χ2v) is 6.63. The van der Waals surface area contributed by atoms with Gasteiger partial charge in [0, 0.05) is 17.6 Å². The summed E-state index contributed by atoms with van der Waals surface area (Å²) >= 11 is 5.87. The van der Waals surface area contributed by atoms with E-state index >= 15 is 0 Å². The highest BCUT2D eigenvalue weighted by molar-refractivity contribution is 6.30. The maximum atomic E-state index is 10.5. The van der Waals surface area contributed by atoms with E-state index in [2.05, 4.69) is 11.5 Å². The molecular formula is C17H27ClN2O2. The van der Waals surface area contributed by atoms with Gasteiger partial charge in [0.15, 0.2) is 0 Å². The normalized spacial score (nSPS) is 23.1. The fourth-order valence-corrected chi connectivity index (χ4v) is 2.76. The van der Waals surface area contributed by atoms with Crippen LogP contribution in [0.4, 0.5) is 0 Å². The minimum Gasteiger partial charge on any atom is -0.387 e. The van der Waals surface area contributed by atoms with E-state index in [9.17, 15) is 5.11 Å². The van der Waals surface area contributed by atoms with E-state index in [1.54, 1.807) is 6.08 Å². The van der Waals surface area contributed by atoms with Gasteiger partial charge in [-0.05, 0) is 50.4 Å². The lowest BCUT2D eigenvalue weighted by Crippen LogP contribution is -2.44. The van der Waals surface area contributed by atoms with Crippen LogP contribution in [0.5, 0.6) is 0 Å². The van der Waals surface area contributed by atoms with Gasteiger partial charge < -0.3 is 20.5 Å². The van der Waals surface area contributed by atoms with Crippen molar-refractivity contribution in [2.75, 3.05) is 26.2 Å². The van der Waals surface area contributed by atoms with E-state index in [1.165, 1.54) is 12.8 Å². The summed E-state index contributed by atoms with van der Waals surface area (Å²) in [5.74, 6) is 0. The number of likely N-dealkylation sites (tertiary alicyclic amines) is 1. The Hall–Kier alpha value is -0.650. The Morgan fingerprint density at radius 3 is 2.68 bits per heavy atom. The Kier molecular flexibility index (Phi) is 7.12. The number of nitrogens with two attached hydrogens (primary N) is 1. The monoisotopic (exact) mass is 326 g/mol. The molecule has 1 saturated heterocycles. The lowest BCUT2D eigenvalue weighted by atomic mass is 10.0. The smallest absolute Gasteiger partial charge is 0.0953 e. The molecule has 5 heteroatoms. The third-order valence-corrected chi connectivity index (χ3v) is 4.11. The molecule has 4 nitrogen and oxygen atoms in total. The summed E-state index contributed by atoms with van der Waals surface area (Å²) in [6.45, 7) is 7.03. The number of hydrogen-bond donors (Lipinski definition) is 2. The second kappa shape index (κ2) is 8.85. The minimum absolute atomic E-state index is 0.339. The molecule has 2 atom stereocenters. The van der Waals surface area contributed by atoms with Crippen molar-refractivity contribution < 1.29 is 9.84 Å². The molecule has 2 aliphatic rings. The summed E-state index contributed by atoms with van der Waals surface area (Å²) < 4.78 is 5.57. The third kappa shape index (κ3) is 6.23. The Bertz CT molecular complexity index is 426. The van der Waals surface area contributed by atoms with Gasteiger partial charge >= 0.3 is 0 Å². The van der Waals surface area contributed by atoms with Crippen molar-refractivity contribution in [3.63, 3.8) is 0 Å². The van der Waals surface area contributed by atoms with E-state index in [1.807, 2.05) is 12.2 Å². The first-order chi connectivity index (χ1) is 10.6. The molecule has 124 valence electrons. The number of allylic oxidation sites excluding steroid dienone is 2. The predicted molar refractivity (Wildman–Crippen MR) is 90.8 cm³/mol. The highest BCUT2D eigenvalue weighted by atomic mass is 35.5. The maximum Gasteiger partial charge on any atom is 0.0953 e. The van der Waals surface area contributed by atoms with Crippen molar-refractivity contribution in [3.05, 3.63) is 35.4 Å². The number of aliphatic hydroxyl groups is 1. The van der Waals surface area contributed by atoms with Crippen LogP contribution in [0.15, 0.2) is 35.4 Å². The van der Waals surface area contributed by atoms with Gasteiger partial charge in [-0.15, -0.1) is 0 Å². The highest BCUT2D eigenvalue weighted by Crippen LogP contribution is 2.23. The molecule has 0 bridgehead atoms. The largest absolute Gasteiger partial charge is 0.387 e. The zero-order chi connectivity index (χ0) is 15.9. The van der Waals surface area contributed by atoms with Crippen LogP contribution in [0.2, 0.25) is 0 Å². The van der Waals surface area contributed by atoms with Gasteiger partial charge in [0.25, 0.3) is 0 Å². The Morgan fingerprint density at radius 2 is 2.09 bits per heavy atom. The SMILES string of the molecule is C=C(Cl)/C=C(\C=C/COC1CC1)[C@@H](O)[C@H](N)CN1CCCC1. The van der Waals surface area contributed by atoms with Crippen molar-refractivity contribution in [3.8, 4) is 0 Å². The summed E-state index contributed by atoms with van der Waals surface area (Å²) in [6, 6.07) is -0.339. The molecular weight excluding hydrogens is 300 g/mol. The molecule has 2 fully saturated rings. The molecule has 0 spiro atoms. The molecule has 0 amide bonds. The average molecular weight is 327 g/mol. The average Bonchev–Trinajstić information content (AvgIpc) is 3.16. The fourth-order valence-electron chi connectivity index (χ4n) is 2.63. The second-order valence-electron chi connectivity index (χ2n) is 6.14. The topological polar surface area (TPSA) is 58.7 Å². The van der Waals surface area contributed by atoms with Crippen molar-refractivity contribution in [1.82, 2.24) is 4.90 Å².